The number of nitrogens with one attached hydrogen (secondary N) is 1. The molecule has 4 aliphatic rings. The van der Waals surface area contributed by atoms with E-state index in [1.165, 1.54) is 49.1 Å². The minimum atomic E-state index is 0.0702. The molecule has 4 aliphatic carbocycles. The van der Waals surface area contributed by atoms with Gasteiger partial charge in [0.2, 0.25) is 5.91 Å². The van der Waals surface area contributed by atoms with Gasteiger partial charge in [-0.05, 0) is 63.2 Å². The maximum Gasteiger partial charge on any atom is 0.226 e. The molecule has 0 spiro atoms. The second-order valence-electron chi connectivity index (χ2n) is 7.56. The summed E-state index contributed by atoms with van der Waals surface area (Å²) in [5.41, 5.74) is 1.71. The number of hydrogen-bond acceptors (Lipinski definition) is 3. The van der Waals surface area contributed by atoms with E-state index in [0.717, 1.165) is 22.8 Å². The maximum absolute atomic E-state index is 11.6. The number of carbonyl (C=O) groups excluding carboxylic acids is 1. The van der Waals surface area contributed by atoms with E-state index in [2.05, 4.69) is 12.2 Å². The van der Waals surface area contributed by atoms with Crippen LogP contribution in [0.5, 0.6) is 0 Å². The molecule has 0 aromatic carbocycles. The summed E-state index contributed by atoms with van der Waals surface area (Å²) >= 11 is 1.74. The van der Waals surface area contributed by atoms with Gasteiger partial charge in [0.15, 0.2) is 0 Å². The second-order valence-corrected chi connectivity index (χ2v) is 8.85. The number of aryl methyl sites for hydroxylation is 1. The molecule has 0 atom stereocenters. The van der Waals surface area contributed by atoms with E-state index in [0.29, 0.717) is 11.8 Å². The lowest BCUT2D eigenvalue weighted by Gasteiger charge is -2.56. The molecule has 4 saturated carbocycles. The quantitative estimate of drug-likeness (QED) is 0.931. The summed E-state index contributed by atoms with van der Waals surface area (Å²) in [6, 6.07) is 0. The van der Waals surface area contributed by atoms with Crippen molar-refractivity contribution in [1.29, 1.82) is 0 Å². The standard InChI is InChI=1S/C17H24N2OS/c1-10-16(19-15(21-10)6-14(20)18-2)17-7-11-3-12(8-17)5-13(4-11)9-17/h11-13H,3-9H2,1-2H3,(H,18,20). The monoisotopic (exact) mass is 304 g/mol. The van der Waals surface area contributed by atoms with E-state index < -0.39 is 0 Å². The van der Waals surface area contributed by atoms with Gasteiger partial charge in [0.1, 0.15) is 5.01 Å². The van der Waals surface area contributed by atoms with E-state index >= 15 is 0 Å². The number of hydrogen-bond donors (Lipinski definition) is 1. The Kier molecular flexibility index (Phi) is 3.14. The van der Waals surface area contributed by atoms with E-state index in [4.69, 9.17) is 4.98 Å². The van der Waals surface area contributed by atoms with Crippen molar-refractivity contribution >= 4 is 17.2 Å². The zero-order chi connectivity index (χ0) is 14.6. The Balaban J connectivity index is 1.65. The fraction of sp³-hybridized carbons (Fsp3) is 0.765. The molecule has 3 nitrogen and oxygen atoms in total. The zero-order valence-electron chi connectivity index (χ0n) is 12.9. The first-order chi connectivity index (χ1) is 10.1. The van der Waals surface area contributed by atoms with Crippen LogP contribution in [0.1, 0.15) is 54.1 Å². The van der Waals surface area contributed by atoms with Crippen LogP contribution in [0.25, 0.3) is 0 Å². The molecule has 0 aliphatic heterocycles. The van der Waals surface area contributed by atoms with Crippen molar-refractivity contribution in [2.24, 2.45) is 17.8 Å². The minimum Gasteiger partial charge on any atom is -0.359 e. The fourth-order valence-electron chi connectivity index (χ4n) is 5.65. The molecule has 1 heterocycles. The molecule has 114 valence electrons. The van der Waals surface area contributed by atoms with Gasteiger partial charge in [0.25, 0.3) is 0 Å². The van der Waals surface area contributed by atoms with E-state index in [-0.39, 0.29) is 5.91 Å². The van der Waals surface area contributed by atoms with Crippen LogP contribution in [0.2, 0.25) is 0 Å². The van der Waals surface area contributed by atoms with Crippen LogP contribution in [0.4, 0.5) is 0 Å². The highest BCUT2D eigenvalue weighted by atomic mass is 32.1. The van der Waals surface area contributed by atoms with Crippen molar-refractivity contribution in [3.05, 3.63) is 15.6 Å². The Morgan fingerprint density at radius 1 is 1.24 bits per heavy atom. The van der Waals surface area contributed by atoms with Gasteiger partial charge in [-0.15, -0.1) is 11.3 Å². The lowest BCUT2D eigenvalue weighted by Crippen LogP contribution is -2.49. The maximum atomic E-state index is 11.6. The van der Waals surface area contributed by atoms with Gasteiger partial charge in [0, 0.05) is 17.3 Å². The van der Waals surface area contributed by atoms with Crippen molar-refractivity contribution in [1.82, 2.24) is 10.3 Å². The number of amides is 1. The van der Waals surface area contributed by atoms with Gasteiger partial charge in [-0.1, -0.05) is 0 Å². The van der Waals surface area contributed by atoms with E-state index in [9.17, 15) is 4.79 Å². The van der Waals surface area contributed by atoms with Gasteiger partial charge in [0.05, 0.1) is 12.1 Å². The van der Waals surface area contributed by atoms with Gasteiger partial charge in [-0.3, -0.25) is 4.79 Å². The van der Waals surface area contributed by atoms with Crippen LogP contribution in [-0.4, -0.2) is 17.9 Å². The highest BCUT2D eigenvalue weighted by Gasteiger charge is 2.53. The summed E-state index contributed by atoms with van der Waals surface area (Å²) in [7, 11) is 1.70. The molecule has 21 heavy (non-hydrogen) atoms. The Bertz CT molecular complexity index is 542. The summed E-state index contributed by atoms with van der Waals surface area (Å²) in [6.45, 7) is 2.21. The minimum absolute atomic E-state index is 0.0702. The molecular formula is C17H24N2OS. The summed E-state index contributed by atoms with van der Waals surface area (Å²) in [4.78, 5) is 17.9. The first-order valence-corrected chi connectivity index (χ1v) is 9.07. The topological polar surface area (TPSA) is 42.0 Å². The average molecular weight is 304 g/mol. The van der Waals surface area contributed by atoms with E-state index in [1.807, 2.05) is 0 Å². The molecule has 1 aromatic heterocycles. The molecule has 0 radical (unpaired) electrons. The normalized spacial score (nSPS) is 37.0. The Morgan fingerprint density at radius 3 is 2.33 bits per heavy atom. The SMILES string of the molecule is CNC(=O)Cc1nc(C23CC4CC(CC(C4)C2)C3)c(C)s1. The fourth-order valence-corrected chi connectivity index (χ4v) is 6.70. The first kappa shape index (κ1) is 13.7. The number of nitrogens with zero attached hydrogens (tertiary/aromatic N) is 1. The largest absolute Gasteiger partial charge is 0.359 e. The Hall–Kier alpha value is -0.900. The molecule has 0 unspecified atom stereocenters. The summed E-state index contributed by atoms with van der Waals surface area (Å²) in [5, 5.41) is 3.70. The molecule has 5 rings (SSSR count). The molecule has 4 heteroatoms. The van der Waals surface area contributed by atoms with Crippen LogP contribution in [-0.2, 0) is 16.6 Å². The number of carbonyl (C=O) groups is 1. The molecular weight excluding hydrogens is 280 g/mol. The first-order valence-electron chi connectivity index (χ1n) is 8.25. The van der Waals surface area contributed by atoms with Crippen LogP contribution in [0.3, 0.4) is 0 Å². The number of thiazole rings is 1. The van der Waals surface area contributed by atoms with Gasteiger partial charge < -0.3 is 5.32 Å². The Morgan fingerprint density at radius 2 is 1.81 bits per heavy atom. The average Bonchev–Trinajstić information content (AvgIpc) is 2.78. The van der Waals surface area contributed by atoms with Gasteiger partial charge in [-0.25, -0.2) is 4.98 Å². The molecule has 4 fully saturated rings. The zero-order valence-corrected chi connectivity index (χ0v) is 13.8. The van der Waals surface area contributed by atoms with Crippen molar-refractivity contribution < 1.29 is 4.79 Å². The van der Waals surface area contributed by atoms with Gasteiger partial charge in [-0.2, -0.15) is 0 Å². The van der Waals surface area contributed by atoms with Crippen LogP contribution in [0.15, 0.2) is 0 Å². The second kappa shape index (κ2) is 4.80. The van der Waals surface area contributed by atoms with Crippen molar-refractivity contribution in [3.8, 4) is 0 Å². The smallest absolute Gasteiger partial charge is 0.226 e. The summed E-state index contributed by atoms with van der Waals surface area (Å²) in [6.07, 6.45) is 8.89. The number of aromatic nitrogens is 1. The third kappa shape index (κ3) is 2.23. The summed E-state index contributed by atoms with van der Waals surface area (Å²) < 4.78 is 0. The van der Waals surface area contributed by atoms with Crippen molar-refractivity contribution in [2.75, 3.05) is 7.05 Å². The van der Waals surface area contributed by atoms with E-state index in [1.54, 1.807) is 18.4 Å². The molecule has 4 bridgehead atoms. The highest BCUT2D eigenvalue weighted by molar-refractivity contribution is 7.11. The lowest BCUT2D eigenvalue weighted by atomic mass is 9.48. The third-order valence-corrected chi connectivity index (χ3v) is 6.94. The predicted octanol–water partition coefficient (Wildman–Crippen LogP) is 3.21. The molecule has 0 saturated heterocycles. The Labute approximate surface area is 130 Å². The van der Waals surface area contributed by atoms with Crippen LogP contribution < -0.4 is 5.32 Å². The molecule has 1 amide bonds. The molecule has 1 aromatic rings. The number of rotatable bonds is 3. The van der Waals surface area contributed by atoms with Gasteiger partial charge >= 0.3 is 0 Å². The van der Waals surface area contributed by atoms with Crippen molar-refractivity contribution in [2.45, 2.75) is 57.3 Å². The van der Waals surface area contributed by atoms with Crippen LogP contribution in [0, 0.1) is 24.7 Å². The highest BCUT2D eigenvalue weighted by Crippen LogP contribution is 2.61. The van der Waals surface area contributed by atoms with Crippen molar-refractivity contribution in [3.63, 3.8) is 0 Å². The molecule has 1 N–H and O–H groups in total. The lowest BCUT2D eigenvalue weighted by molar-refractivity contribution is -0.119. The predicted molar refractivity (Wildman–Crippen MR) is 84.5 cm³/mol. The third-order valence-electron chi connectivity index (χ3n) is 5.97. The summed E-state index contributed by atoms with van der Waals surface area (Å²) in [5.74, 6) is 2.90. The van der Waals surface area contributed by atoms with Crippen LogP contribution >= 0.6 is 11.3 Å². The number of likely N-dealkylation sites (N-methyl/N-ethyl adjacent to an activating group) is 1.